The Morgan fingerprint density at radius 1 is 1.08 bits per heavy atom. The smallest absolute Gasteiger partial charge is 0.00734 e. The standard InChI is InChI=1S/C11H14Br2/c1-9(11(7-12)8-13)10-5-3-2-4-6-10/h2-6,9,11H,7-8H2,1H3/t9-/m1/s1. The van der Waals surface area contributed by atoms with Gasteiger partial charge in [-0.25, -0.2) is 0 Å². The third-order valence-corrected chi connectivity index (χ3v) is 4.09. The molecule has 1 atom stereocenters. The fourth-order valence-electron chi connectivity index (χ4n) is 1.34. The fraction of sp³-hybridized carbons (Fsp3) is 0.455. The van der Waals surface area contributed by atoms with Crippen molar-refractivity contribution in [3.8, 4) is 0 Å². The minimum atomic E-state index is 0.611. The van der Waals surface area contributed by atoms with E-state index in [1.807, 2.05) is 0 Å². The zero-order valence-electron chi connectivity index (χ0n) is 7.71. The van der Waals surface area contributed by atoms with E-state index in [0.717, 1.165) is 10.7 Å². The average Bonchev–Trinajstić information content (AvgIpc) is 2.21. The predicted octanol–water partition coefficient (Wildman–Crippen LogP) is 4.20. The first-order valence-electron chi connectivity index (χ1n) is 4.46. The van der Waals surface area contributed by atoms with Gasteiger partial charge in [0.25, 0.3) is 0 Å². The van der Waals surface area contributed by atoms with Gasteiger partial charge in [-0.15, -0.1) is 0 Å². The van der Waals surface area contributed by atoms with E-state index >= 15 is 0 Å². The van der Waals surface area contributed by atoms with Crippen molar-refractivity contribution < 1.29 is 0 Å². The van der Waals surface area contributed by atoms with Gasteiger partial charge in [-0.05, 0) is 17.4 Å². The minimum absolute atomic E-state index is 0.611. The van der Waals surface area contributed by atoms with E-state index in [4.69, 9.17) is 0 Å². The molecule has 0 aliphatic carbocycles. The van der Waals surface area contributed by atoms with Gasteiger partial charge in [0.1, 0.15) is 0 Å². The van der Waals surface area contributed by atoms with Crippen molar-refractivity contribution in [1.82, 2.24) is 0 Å². The number of rotatable bonds is 4. The summed E-state index contributed by atoms with van der Waals surface area (Å²) in [5.74, 6) is 1.28. The van der Waals surface area contributed by atoms with Gasteiger partial charge in [0.15, 0.2) is 0 Å². The Kier molecular flexibility index (Phi) is 5.04. The van der Waals surface area contributed by atoms with Crippen LogP contribution in [0, 0.1) is 5.92 Å². The molecule has 0 aromatic heterocycles. The topological polar surface area (TPSA) is 0 Å². The third-order valence-electron chi connectivity index (χ3n) is 2.43. The number of halogens is 2. The molecule has 0 radical (unpaired) electrons. The van der Waals surface area contributed by atoms with E-state index in [1.54, 1.807) is 0 Å². The molecule has 1 aromatic carbocycles. The van der Waals surface area contributed by atoms with Crippen LogP contribution < -0.4 is 0 Å². The molecule has 72 valence electrons. The van der Waals surface area contributed by atoms with E-state index < -0.39 is 0 Å². The maximum absolute atomic E-state index is 3.54. The van der Waals surface area contributed by atoms with Gasteiger partial charge in [0.2, 0.25) is 0 Å². The van der Waals surface area contributed by atoms with Crippen LogP contribution in [0.3, 0.4) is 0 Å². The molecule has 0 aliphatic rings. The molecule has 0 amide bonds. The lowest BCUT2D eigenvalue weighted by molar-refractivity contribution is 0.559. The first kappa shape index (κ1) is 11.3. The summed E-state index contributed by atoms with van der Waals surface area (Å²) >= 11 is 7.09. The van der Waals surface area contributed by atoms with E-state index in [2.05, 4.69) is 69.1 Å². The Bertz CT molecular complexity index is 229. The van der Waals surface area contributed by atoms with Gasteiger partial charge in [-0.1, -0.05) is 69.1 Å². The zero-order valence-corrected chi connectivity index (χ0v) is 10.9. The summed E-state index contributed by atoms with van der Waals surface area (Å²) in [6, 6.07) is 10.7. The molecule has 0 heterocycles. The lowest BCUT2D eigenvalue weighted by Crippen LogP contribution is -2.12. The van der Waals surface area contributed by atoms with Crippen molar-refractivity contribution in [2.45, 2.75) is 12.8 Å². The molecular formula is C11H14Br2. The van der Waals surface area contributed by atoms with Crippen molar-refractivity contribution in [2.24, 2.45) is 5.92 Å². The Morgan fingerprint density at radius 3 is 2.08 bits per heavy atom. The summed E-state index contributed by atoms with van der Waals surface area (Å²) in [4.78, 5) is 0. The molecule has 0 saturated heterocycles. The molecule has 0 nitrogen and oxygen atoms in total. The van der Waals surface area contributed by atoms with Gasteiger partial charge in [-0.2, -0.15) is 0 Å². The minimum Gasteiger partial charge on any atom is -0.0925 e. The van der Waals surface area contributed by atoms with Gasteiger partial charge >= 0.3 is 0 Å². The number of alkyl halides is 2. The molecule has 0 bridgehead atoms. The molecule has 0 aliphatic heterocycles. The van der Waals surface area contributed by atoms with E-state index in [-0.39, 0.29) is 0 Å². The van der Waals surface area contributed by atoms with Crippen LogP contribution in [-0.2, 0) is 0 Å². The lowest BCUT2D eigenvalue weighted by Gasteiger charge is -2.19. The third kappa shape index (κ3) is 3.10. The molecule has 0 N–H and O–H groups in total. The van der Waals surface area contributed by atoms with Gasteiger partial charge in [0, 0.05) is 10.7 Å². The van der Waals surface area contributed by atoms with Crippen molar-refractivity contribution in [2.75, 3.05) is 10.7 Å². The molecule has 0 spiro atoms. The molecule has 13 heavy (non-hydrogen) atoms. The second kappa shape index (κ2) is 5.82. The first-order chi connectivity index (χ1) is 6.29. The molecule has 1 rings (SSSR count). The van der Waals surface area contributed by atoms with Crippen LogP contribution >= 0.6 is 31.9 Å². The fourth-order valence-corrected chi connectivity index (χ4v) is 3.53. The van der Waals surface area contributed by atoms with Crippen LogP contribution in [0.4, 0.5) is 0 Å². The Labute approximate surface area is 97.0 Å². The van der Waals surface area contributed by atoms with Crippen LogP contribution in [0.5, 0.6) is 0 Å². The summed E-state index contributed by atoms with van der Waals surface area (Å²) in [5.41, 5.74) is 1.42. The Morgan fingerprint density at radius 2 is 1.62 bits per heavy atom. The van der Waals surface area contributed by atoms with Crippen molar-refractivity contribution >= 4 is 31.9 Å². The zero-order chi connectivity index (χ0) is 9.68. The van der Waals surface area contributed by atoms with Crippen LogP contribution in [0.25, 0.3) is 0 Å². The summed E-state index contributed by atoms with van der Waals surface area (Å²) in [6.45, 7) is 2.28. The van der Waals surface area contributed by atoms with Gasteiger partial charge < -0.3 is 0 Å². The highest BCUT2D eigenvalue weighted by molar-refractivity contribution is 9.09. The maximum atomic E-state index is 3.54. The van der Waals surface area contributed by atoms with E-state index in [0.29, 0.717) is 11.8 Å². The number of hydrogen-bond donors (Lipinski definition) is 0. The number of hydrogen-bond acceptors (Lipinski definition) is 0. The number of benzene rings is 1. The van der Waals surface area contributed by atoms with E-state index in [9.17, 15) is 0 Å². The molecule has 1 aromatic rings. The Hall–Kier alpha value is 0.180. The van der Waals surface area contributed by atoms with Crippen LogP contribution in [0.15, 0.2) is 30.3 Å². The predicted molar refractivity (Wildman–Crippen MR) is 65.9 cm³/mol. The van der Waals surface area contributed by atoms with Crippen LogP contribution in [0.1, 0.15) is 18.4 Å². The molecule has 0 saturated carbocycles. The molecule has 0 fully saturated rings. The van der Waals surface area contributed by atoms with Crippen molar-refractivity contribution in [3.05, 3.63) is 35.9 Å². The second-order valence-corrected chi connectivity index (χ2v) is 4.56. The molecular weight excluding hydrogens is 292 g/mol. The monoisotopic (exact) mass is 304 g/mol. The first-order valence-corrected chi connectivity index (χ1v) is 6.70. The van der Waals surface area contributed by atoms with Gasteiger partial charge in [0.05, 0.1) is 0 Å². The summed E-state index contributed by atoms with van der Waals surface area (Å²) in [5, 5.41) is 2.10. The van der Waals surface area contributed by atoms with Crippen LogP contribution in [0.2, 0.25) is 0 Å². The summed E-state index contributed by atoms with van der Waals surface area (Å²) in [7, 11) is 0. The average molecular weight is 306 g/mol. The van der Waals surface area contributed by atoms with E-state index in [1.165, 1.54) is 5.56 Å². The van der Waals surface area contributed by atoms with Crippen molar-refractivity contribution in [3.63, 3.8) is 0 Å². The van der Waals surface area contributed by atoms with Gasteiger partial charge in [-0.3, -0.25) is 0 Å². The Balaban J connectivity index is 2.72. The SMILES string of the molecule is C[C@H](c1ccccc1)C(CBr)CBr. The summed E-state index contributed by atoms with van der Waals surface area (Å²) < 4.78 is 0. The molecule has 0 unspecified atom stereocenters. The normalized spacial score (nSPS) is 13.2. The quantitative estimate of drug-likeness (QED) is 0.732. The highest BCUT2D eigenvalue weighted by Gasteiger charge is 2.15. The molecule has 2 heteroatoms. The van der Waals surface area contributed by atoms with Crippen LogP contribution in [-0.4, -0.2) is 10.7 Å². The second-order valence-electron chi connectivity index (χ2n) is 3.27. The summed E-state index contributed by atoms with van der Waals surface area (Å²) in [6.07, 6.45) is 0. The highest BCUT2D eigenvalue weighted by Crippen LogP contribution is 2.26. The largest absolute Gasteiger partial charge is 0.0925 e. The lowest BCUT2D eigenvalue weighted by atomic mass is 9.90. The highest BCUT2D eigenvalue weighted by atomic mass is 79.9. The van der Waals surface area contributed by atoms with Crippen molar-refractivity contribution in [1.29, 1.82) is 0 Å². The maximum Gasteiger partial charge on any atom is 0.00734 e.